The zero-order valence-electron chi connectivity index (χ0n) is 9.73. The summed E-state index contributed by atoms with van der Waals surface area (Å²) in [4.78, 5) is 11.7. The highest BCUT2D eigenvalue weighted by molar-refractivity contribution is 9.10. The van der Waals surface area contributed by atoms with Crippen molar-refractivity contribution in [3.05, 3.63) is 33.5 Å². The first-order valence-corrected chi connectivity index (χ1v) is 5.69. The molecule has 0 N–H and O–H groups in total. The van der Waals surface area contributed by atoms with Crippen LogP contribution in [0, 0.1) is 12.7 Å². The van der Waals surface area contributed by atoms with Gasteiger partial charge in [0.2, 0.25) is 0 Å². The van der Waals surface area contributed by atoms with E-state index in [2.05, 4.69) is 15.9 Å². The number of hydrogen-bond acceptors (Lipinski definition) is 2. The minimum absolute atomic E-state index is 0.0318. The molecule has 0 fully saturated rings. The molecule has 88 valence electrons. The minimum Gasteiger partial charge on any atom is -0.456 e. The first-order valence-electron chi connectivity index (χ1n) is 4.90. The molecular weight excluding hydrogens is 275 g/mol. The predicted molar refractivity (Wildman–Crippen MR) is 64.0 cm³/mol. The van der Waals surface area contributed by atoms with Crippen molar-refractivity contribution in [1.29, 1.82) is 0 Å². The third kappa shape index (κ3) is 3.30. The van der Waals surface area contributed by atoms with Gasteiger partial charge in [0.15, 0.2) is 0 Å². The van der Waals surface area contributed by atoms with Gasteiger partial charge < -0.3 is 4.74 Å². The molecule has 0 atom stereocenters. The highest BCUT2D eigenvalue weighted by atomic mass is 79.9. The lowest BCUT2D eigenvalue weighted by molar-refractivity contribution is 0.00646. The van der Waals surface area contributed by atoms with Crippen LogP contribution in [0.4, 0.5) is 4.39 Å². The average Bonchev–Trinajstić information content (AvgIpc) is 2.08. The molecule has 0 bridgehead atoms. The lowest BCUT2D eigenvalue weighted by Crippen LogP contribution is -2.24. The van der Waals surface area contributed by atoms with Gasteiger partial charge >= 0.3 is 5.97 Å². The monoisotopic (exact) mass is 288 g/mol. The Morgan fingerprint density at radius 2 is 1.94 bits per heavy atom. The Balaban J connectivity index is 3.05. The van der Waals surface area contributed by atoms with Crippen molar-refractivity contribution < 1.29 is 13.9 Å². The Kier molecular flexibility index (Phi) is 3.73. The molecule has 0 saturated heterocycles. The van der Waals surface area contributed by atoms with Gasteiger partial charge in [-0.25, -0.2) is 9.18 Å². The molecule has 1 rings (SSSR count). The van der Waals surface area contributed by atoms with E-state index in [1.54, 1.807) is 27.7 Å². The number of carbonyl (C=O) groups is 1. The molecule has 2 nitrogen and oxygen atoms in total. The van der Waals surface area contributed by atoms with Crippen LogP contribution < -0.4 is 0 Å². The zero-order chi connectivity index (χ0) is 12.5. The van der Waals surface area contributed by atoms with Gasteiger partial charge in [-0.15, -0.1) is 0 Å². The number of halogens is 2. The van der Waals surface area contributed by atoms with E-state index in [9.17, 15) is 9.18 Å². The fourth-order valence-electron chi connectivity index (χ4n) is 1.15. The van der Waals surface area contributed by atoms with Crippen molar-refractivity contribution in [3.63, 3.8) is 0 Å². The van der Waals surface area contributed by atoms with Crippen molar-refractivity contribution >= 4 is 21.9 Å². The molecule has 1 aromatic rings. The van der Waals surface area contributed by atoms with E-state index < -0.39 is 17.4 Å². The van der Waals surface area contributed by atoms with E-state index in [1.165, 1.54) is 12.1 Å². The molecule has 4 heteroatoms. The van der Waals surface area contributed by atoms with Gasteiger partial charge in [-0.2, -0.15) is 0 Å². The van der Waals surface area contributed by atoms with Crippen LogP contribution in [0.15, 0.2) is 16.6 Å². The first-order chi connectivity index (χ1) is 7.20. The highest BCUT2D eigenvalue weighted by Gasteiger charge is 2.21. The maximum Gasteiger partial charge on any atom is 0.341 e. The second-order valence-corrected chi connectivity index (χ2v) is 5.44. The number of esters is 1. The molecule has 0 unspecified atom stereocenters. The van der Waals surface area contributed by atoms with Crippen molar-refractivity contribution in [2.24, 2.45) is 0 Å². The van der Waals surface area contributed by atoms with Crippen molar-refractivity contribution in [3.8, 4) is 0 Å². The predicted octanol–water partition coefficient (Wildman–Crippen LogP) is 3.85. The van der Waals surface area contributed by atoms with Gasteiger partial charge in [-0.1, -0.05) is 15.9 Å². The summed E-state index contributed by atoms with van der Waals surface area (Å²) in [5.74, 6) is -1.22. The Morgan fingerprint density at radius 3 is 2.44 bits per heavy atom. The Bertz CT molecular complexity index is 422. The van der Waals surface area contributed by atoms with Gasteiger partial charge in [0.05, 0.1) is 5.56 Å². The molecule has 0 radical (unpaired) electrons. The molecule has 0 saturated carbocycles. The van der Waals surface area contributed by atoms with Crippen molar-refractivity contribution in [1.82, 2.24) is 0 Å². The number of carbonyl (C=O) groups excluding carboxylic acids is 1. The summed E-state index contributed by atoms with van der Waals surface area (Å²) in [6, 6.07) is 2.75. The SMILES string of the molecule is Cc1cc(C(=O)OC(C)(C)C)c(F)cc1Br. The Labute approximate surface area is 103 Å². The number of aryl methyl sites for hydroxylation is 1. The second-order valence-electron chi connectivity index (χ2n) is 4.58. The first kappa shape index (κ1) is 13.2. The third-order valence-corrected chi connectivity index (χ3v) is 2.72. The topological polar surface area (TPSA) is 26.3 Å². The van der Waals surface area contributed by atoms with Crippen LogP contribution in [-0.2, 0) is 4.74 Å². The largest absolute Gasteiger partial charge is 0.456 e. The van der Waals surface area contributed by atoms with Gasteiger partial charge in [0.25, 0.3) is 0 Å². The summed E-state index contributed by atoms with van der Waals surface area (Å²) >= 11 is 3.20. The van der Waals surface area contributed by atoms with Crippen LogP contribution in [0.25, 0.3) is 0 Å². The standard InChI is InChI=1S/C12H14BrFO2/c1-7-5-8(10(14)6-9(7)13)11(15)16-12(2,3)4/h5-6H,1-4H3. The van der Waals surface area contributed by atoms with Gasteiger partial charge in [0, 0.05) is 4.47 Å². The molecule has 1 aromatic carbocycles. The number of benzene rings is 1. The van der Waals surface area contributed by atoms with E-state index in [4.69, 9.17) is 4.74 Å². The summed E-state index contributed by atoms with van der Waals surface area (Å²) in [5, 5.41) is 0. The fraction of sp³-hybridized carbons (Fsp3) is 0.417. The highest BCUT2D eigenvalue weighted by Crippen LogP contribution is 2.22. The summed E-state index contributed by atoms with van der Waals surface area (Å²) in [6.45, 7) is 7.02. The smallest absolute Gasteiger partial charge is 0.341 e. The number of ether oxygens (including phenoxy) is 1. The summed E-state index contributed by atoms with van der Waals surface area (Å²) in [6.07, 6.45) is 0. The van der Waals surface area contributed by atoms with Crippen LogP contribution in [0.1, 0.15) is 36.7 Å². The van der Waals surface area contributed by atoms with Gasteiger partial charge in [-0.3, -0.25) is 0 Å². The Hall–Kier alpha value is -0.900. The third-order valence-electron chi connectivity index (χ3n) is 1.87. The van der Waals surface area contributed by atoms with Crippen LogP contribution in [0.5, 0.6) is 0 Å². The summed E-state index contributed by atoms with van der Waals surface area (Å²) < 4.78 is 19.3. The van der Waals surface area contributed by atoms with Gasteiger partial charge in [-0.05, 0) is 45.4 Å². The maximum atomic E-state index is 13.5. The van der Waals surface area contributed by atoms with Gasteiger partial charge in [0.1, 0.15) is 11.4 Å². The van der Waals surface area contributed by atoms with E-state index >= 15 is 0 Å². The van der Waals surface area contributed by atoms with Crippen molar-refractivity contribution in [2.75, 3.05) is 0 Å². The molecule has 0 aromatic heterocycles. The average molecular weight is 289 g/mol. The molecule has 0 heterocycles. The van der Waals surface area contributed by atoms with E-state index in [0.717, 1.165) is 5.56 Å². The second kappa shape index (κ2) is 4.53. The molecule has 0 aliphatic carbocycles. The van der Waals surface area contributed by atoms with Crippen LogP contribution in [-0.4, -0.2) is 11.6 Å². The molecule has 0 aliphatic heterocycles. The lowest BCUT2D eigenvalue weighted by atomic mass is 10.1. The summed E-state index contributed by atoms with van der Waals surface area (Å²) in [7, 11) is 0. The van der Waals surface area contributed by atoms with Crippen molar-refractivity contribution in [2.45, 2.75) is 33.3 Å². The van der Waals surface area contributed by atoms with E-state index in [1.807, 2.05) is 0 Å². The number of hydrogen-bond donors (Lipinski definition) is 0. The number of rotatable bonds is 1. The zero-order valence-corrected chi connectivity index (χ0v) is 11.3. The van der Waals surface area contributed by atoms with Crippen LogP contribution in [0.3, 0.4) is 0 Å². The maximum absolute atomic E-state index is 13.5. The van der Waals surface area contributed by atoms with Crippen LogP contribution >= 0.6 is 15.9 Å². The minimum atomic E-state index is -0.638. The summed E-state index contributed by atoms with van der Waals surface area (Å²) in [5.41, 5.74) is 0.141. The fourth-order valence-corrected chi connectivity index (χ4v) is 1.46. The molecule has 16 heavy (non-hydrogen) atoms. The van der Waals surface area contributed by atoms with Crippen LogP contribution in [0.2, 0.25) is 0 Å². The van der Waals surface area contributed by atoms with E-state index in [0.29, 0.717) is 4.47 Å². The lowest BCUT2D eigenvalue weighted by Gasteiger charge is -2.19. The molecule has 0 spiro atoms. The molecule has 0 amide bonds. The molecule has 0 aliphatic rings. The quantitative estimate of drug-likeness (QED) is 0.734. The van der Waals surface area contributed by atoms with E-state index in [-0.39, 0.29) is 5.56 Å². The molecular formula is C12H14BrFO2. The normalized spacial score (nSPS) is 11.4. The Morgan fingerprint density at radius 1 is 1.38 bits per heavy atom.